The molecule has 0 atom stereocenters. The van der Waals surface area contributed by atoms with Crippen LogP contribution in [0.1, 0.15) is 12.5 Å². The summed E-state index contributed by atoms with van der Waals surface area (Å²) in [7, 11) is 0. The SMILES string of the molecule is Cl.[CH2-]c1ccc(OCC)cc1.[Zn]. The molecular formula is C9H12ClOZn-. The summed E-state index contributed by atoms with van der Waals surface area (Å²) in [5.41, 5.74) is 1.02. The van der Waals surface area contributed by atoms with E-state index >= 15 is 0 Å². The summed E-state index contributed by atoms with van der Waals surface area (Å²) < 4.78 is 5.23. The summed E-state index contributed by atoms with van der Waals surface area (Å²) in [5, 5.41) is 0. The molecule has 64 valence electrons. The van der Waals surface area contributed by atoms with Crippen molar-refractivity contribution in [3.05, 3.63) is 36.8 Å². The maximum absolute atomic E-state index is 5.23. The quantitative estimate of drug-likeness (QED) is 0.567. The summed E-state index contributed by atoms with van der Waals surface area (Å²) in [6, 6.07) is 7.72. The van der Waals surface area contributed by atoms with Crippen molar-refractivity contribution in [1.82, 2.24) is 0 Å². The summed E-state index contributed by atoms with van der Waals surface area (Å²) >= 11 is 0. The van der Waals surface area contributed by atoms with Crippen LogP contribution in [-0.2, 0) is 19.5 Å². The number of ether oxygens (including phenoxy) is 1. The van der Waals surface area contributed by atoms with Crippen molar-refractivity contribution in [3.8, 4) is 5.75 Å². The van der Waals surface area contributed by atoms with Crippen LogP contribution in [0.5, 0.6) is 5.75 Å². The van der Waals surface area contributed by atoms with Crippen LogP contribution in [0.15, 0.2) is 24.3 Å². The third-order valence-electron chi connectivity index (χ3n) is 1.23. The van der Waals surface area contributed by atoms with Crippen LogP contribution < -0.4 is 4.74 Å². The van der Waals surface area contributed by atoms with E-state index in [0.717, 1.165) is 17.9 Å². The molecule has 1 aromatic carbocycles. The normalized spacial score (nSPS) is 7.75. The maximum Gasteiger partial charge on any atom is 0.0947 e. The average molecular weight is 237 g/mol. The Bertz CT molecular complexity index is 198. The molecule has 0 aromatic heterocycles. The molecule has 0 spiro atoms. The number of halogens is 1. The fraction of sp³-hybridized carbons (Fsp3) is 0.222. The van der Waals surface area contributed by atoms with Crippen molar-refractivity contribution in [1.29, 1.82) is 0 Å². The Morgan fingerprint density at radius 1 is 1.25 bits per heavy atom. The third-order valence-corrected chi connectivity index (χ3v) is 1.23. The van der Waals surface area contributed by atoms with E-state index < -0.39 is 0 Å². The van der Waals surface area contributed by atoms with Crippen LogP contribution >= 0.6 is 12.4 Å². The zero-order chi connectivity index (χ0) is 7.40. The molecular weight excluding hydrogens is 225 g/mol. The molecule has 0 amide bonds. The second-order valence-electron chi connectivity index (χ2n) is 2.08. The molecule has 3 heteroatoms. The van der Waals surface area contributed by atoms with Gasteiger partial charge in [-0.3, -0.25) is 0 Å². The fourth-order valence-corrected chi connectivity index (χ4v) is 0.752. The van der Waals surface area contributed by atoms with Crippen molar-refractivity contribution in [2.24, 2.45) is 0 Å². The van der Waals surface area contributed by atoms with Gasteiger partial charge in [0.05, 0.1) is 12.4 Å². The second-order valence-corrected chi connectivity index (χ2v) is 2.08. The number of hydrogen-bond donors (Lipinski definition) is 0. The van der Waals surface area contributed by atoms with E-state index in [1.165, 1.54) is 0 Å². The van der Waals surface area contributed by atoms with Gasteiger partial charge >= 0.3 is 0 Å². The molecule has 0 aliphatic heterocycles. The van der Waals surface area contributed by atoms with Gasteiger partial charge in [0.25, 0.3) is 0 Å². The van der Waals surface area contributed by atoms with Gasteiger partial charge in [-0.25, -0.2) is 0 Å². The molecule has 12 heavy (non-hydrogen) atoms. The Labute approximate surface area is 92.7 Å². The standard InChI is InChI=1S/C9H11O.ClH.Zn/c1-3-10-9-6-4-8(2)5-7-9;;/h4-7H,2-3H2,1H3;1H;/q-1;;. The zero-order valence-electron chi connectivity index (χ0n) is 7.25. The first-order valence-electron chi connectivity index (χ1n) is 3.37. The first-order valence-corrected chi connectivity index (χ1v) is 3.37. The van der Waals surface area contributed by atoms with Gasteiger partial charge in [0.15, 0.2) is 0 Å². The fourth-order valence-electron chi connectivity index (χ4n) is 0.752. The largest absolute Gasteiger partial charge is 0.496 e. The zero-order valence-corrected chi connectivity index (χ0v) is 11.0. The molecule has 0 unspecified atom stereocenters. The summed E-state index contributed by atoms with van der Waals surface area (Å²) in [6.07, 6.45) is 0. The van der Waals surface area contributed by atoms with Crippen molar-refractivity contribution in [2.45, 2.75) is 6.92 Å². The van der Waals surface area contributed by atoms with Gasteiger partial charge in [0.1, 0.15) is 0 Å². The van der Waals surface area contributed by atoms with Crippen molar-refractivity contribution in [2.75, 3.05) is 6.61 Å². The van der Waals surface area contributed by atoms with E-state index in [2.05, 4.69) is 6.92 Å². The Morgan fingerprint density at radius 3 is 2.17 bits per heavy atom. The van der Waals surface area contributed by atoms with E-state index in [1.807, 2.05) is 31.2 Å². The van der Waals surface area contributed by atoms with Crippen LogP contribution in [0.3, 0.4) is 0 Å². The Hall–Kier alpha value is -0.197. The summed E-state index contributed by atoms with van der Waals surface area (Å²) in [5.74, 6) is 0.912. The third kappa shape index (κ3) is 4.63. The minimum Gasteiger partial charge on any atom is -0.496 e. The molecule has 1 rings (SSSR count). The smallest absolute Gasteiger partial charge is 0.0947 e. The van der Waals surface area contributed by atoms with E-state index in [4.69, 9.17) is 4.74 Å². The molecule has 1 nitrogen and oxygen atoms in total. The van der Waals surface area contributed by atoms with Gasteiger partial charge < -0.3 is 4.74 Å². The molecule has 0 saturated carbocycles. The van der Waals surface area contributed by atoms with Gasteiger partial charge in [-0.05, 0) is 6.92 Å². The molecule has 0 saturated heterocycles. The number of rotatable bonds is 2. The van der Waals surface area contributed by atoms with Gasteiger partial charge in [-0.1, -0.05) is 12.1 Å². The minimum absolute atomic E-state index is 0. The Morgan fingerprint density at radius 2 is 1.75 bits per heavy atom. The first-order chi connectivity index (χ1) is 4.83. The van der Waals surface area contributed by atoms with E-state index in [9.17, 15) is 0 Å². The Balaban J connectivity index is 0. The van der Waals surface area contributed by atoms with E-state index in [0.29, 0.717) is 0 Å². The maximum atomic E-state index is 5.23. The molecule has 0 heterocycles. The van der Waals surface area contributed by atoms with Crippen molar-refractivity contribution >= 4 is 12.4 Å². The van der Waals surface area contributed by atoms with Gasteiger partial charge in [-0.15, -0.1) is 12.4 Å². The number of hydrogen-bond acceptors (Lipinski definition) is 1. The van der Waals surface area contributed by atoms with Crippen molar-refractivity contribution in [3.63, 3.8) is 0 Å². The van der Waals surface area contributed by atoms with Gasteiger partial charge in [0, 0.05) is 19.5 Å². The molecule has 0 radical (unpaired) electrons. The van der Waals surface area contributed by atoms with Crippen LogP contribution in [0, 0.1) is 6.92 Å². The molecule has 0 N–H and O–H groups in total. The topological polar surface area (TPSA) is 9.23 Å². The summed E-state index contributed by atoms with van der Waals surface area (Å²) in [4.78, 5) is 0. The summed E-state index contributed by atoms with van der Waals surface area (Å²) in [6.45, 7) is 6.46. The van der Waals surface area contributed by atoms with Gasteiger partial charge in [-0.2, -0.15) is 24.6 Å². The molecule has 0 fully saturated rings. The van der Waals surface area contributed by atoms with Gasteiger partial charge in [0.2, 0.25) is 0 Å². The predicted octanol–water partition coefficient (Wildman–Crippen LogP) is 2.69. The second kappa shape index (κ2) is 7.45. The average Bonchev–Trinajstić information content (AvgIpc) is 1.95. The van der Waals surface area contributed by atoms with Crippen LogP contribution in [0.25, 0.3) is 0 Å². The minimum atomic E-state index is 0. The van der Waals surface area contributed by atoms with Crippen molar-refractivity contribution < 1.29 is 24.2 Å². The predicted molar refractivity (Wildman–Crippen MR) is 49.3 cm³/mol. The molecule has 0 bridgehead atoms. The Kier molecular flexibility index (Phi) is 8.90. The monoisotopic (exact) mass is 235 g/mol. The van der Waals surface area contributed by atoms with Crippen LogP contribution in [0.2, 0.25) is 0 Å². The van der Waals surface area contributed by atoms with E-state index in [1.54, 1.807) is 0 Å². The first kappa shape index (κ1) is 14.3. The molecule has 1 aromatic rings. The molecule has 0 aliphatic rings. The molecule has 0 aliphatic carbocycles. The van der Waals surface area contributed by atoms with Crippen LogP contribution in [0.4, 0.5) is 0 Å². The number of benzene rings is 1. The van der Waals surface area contributed by atoms with E-state index in [-0.39, 0.29) is 31.9 Å². The van der Waals surface area contributed by atoms with Crippen LogP contribution in [-0.4, -0.2) is 6.61 Å².